The van der Waals surface area contributed by atoms with E-state index in [4.69, 9.17) is 4.74 Å². The highest BCUT2D eigenvalue weighted by Crippen LogP contribution is 2.54. The maximum atomic E-state index is 14.0. The summed E-state index contributed by atoms with van der Waals surface area (Å²) in [6.45, 7) is 1.45. The number of esters is 1. The first-order chi connectivity index (χ1) is 22.4. The molecule has 2 aliphatic heterocycles. The Hall–Kier alpha value is -4.21. The number of carbonyl (C=O) groups excluding carboxylic acids is 4. The van der Waals surface area contributed by atoms with Gasteiger partial charge in [-0.3, -0.25) is 23.7 Å². The standard InChI is InChI=1S/C32H23BrF3N3O6S2/c1-2-45-30(43)17-9-13-19(14-10-17)37-22(40)15-38-29-26(47-31(38)44)23(16-7-11-18(33)12-8-16)24-25(46-29)28(42)39(27(24)41)21-6-4-3-5-20(21)32(34,35)36/h3-14,23-25H,2,15H2,1H3,(H,37,40)/t23-,24-,25+/m0/s1. The molecule has 0 spiro atoms. The van der Waals surface area contributed by atoms with Gasteiger partial charge >= 0.3 is 17.0 Å². The van der Waals surface area contributed by atoms with Crippen LogP contribution in [0.15, 0.2) is 87.1 Å². The molecule has 0 radical (unpaired) electrons. The van der Waals surface area contributed by atoms with Gasteiger partial charge in [0.25, 0.3) is 0 Å². The molecule has 0 aliphatic carbocycles. The minimum Gasteiger partial charge on any atom is -0.462 e. The zero-order valence-corrected chi connectivity index (χ0v) is 27.5. The number of thioether (sulfide) groups is 1. The molecule has 47 heavy (non-hydrogen) atoms. The van der Waals surface area contributed by atoms with Gasteiger partial charge in [-0.25, -0.2) is 9.69 Å². The molecule has 0 saturated carbocycles. The van der Waals surface area contributed by atoms with Crippen molar-refractivity contribution in [2.24, 2.45) is 5.92 Å². The number of imide groups is 1. The SMILES string of the molecule is CCOC(=O)c1ccc(NC(=O)Cn2c3c(sc2=O)[C@@H](c2ccc(Br)cc2)[C@@H]2C(=O)N(c4ccccc4C(F)(F)F)C(=O)[C@@H]2S3)cc1. The third-order valence-corrected chi connectivity index (χ3v) is 10.8. The Balaban J connectivity index is 1.36. The largest absolute Gasteiger partial charge is 0.462 e. The third-order valence-electron chi connectivity index (χ3n) is 7.71. The molecule has 9 nitrogen and oxygen atoms in total. The smallest absolute Gasteiger partial charge is 0.418 e. The van der Waals surface area contributed by atoms with Crippen LogP contribution in [0.4, 0.5) is 24.5 Å². The molecular formula is C32H23BrF3N3O6S2. The van der Waals surface area contributed by atoms with Gasteiger partial charge in [0.1, 0.15) is 11.8 Å². The molecule has 6 rings (SSSR count). The number of amides is 3. The van der Waals surface area contributed by atoms with Crippen LogP contribution in [-0.4, -0.2) is 40.1 Å². The average Bonchev–Trinajstić information content (AvgIpc) is 3.47. The van der Waals surface area contributed by atoms with Crippen LogP contribution in [0, 0.1) is 5.92 Å². The van der Waals surface area contributed by atoms with Crippen molar-refractivity contribution in [1.82, 2.24) is 4.57 Å². The van der Waals surface area contributed by atoms with Crippen molar-refractivity contribution in [3.63, 3.8) is 0 Å². The topological polar surface area (TPSA) is 115 Å². The van der Waals surface area contributed by atoms with Crippen LogP contribution in [-0.2, 0) is 31.8 Å². The second-order valence-corrected chi connectivity index (χ2v) is 13.6. The molecule has 1 N–H and O–H groups in total. The number of nitrogens with one attached hydrogen (secondary N) is 1. The van der Waals surface area contributed by atoms with Gasteiger partial charge in [0.2, 0.25) is 17.7 Å². The predicted molar refractivity (Wildman–Crippen MR) is 173 cm³/mol. The fourth-order valence-electron chi connectivity index (χ4n) is 5.68. The Kier molecular flexibility index (Phi) is 8.89. The number of ether oxygens (including phenoxy) is 1. The van der Waals surface area contributed by atoms with E-state index in [1.807, 2.05) is 0 Å². The van der Waals surface area contributed by atoms with Crippen LogP contribution in [0.5, 0.6) is 0 Å². The van der Waals surface area contributed by atoms with Crippen LogP contribution in [0.3, 0.4) is 0 Å². The van der Waals surface area contributed by atoms with Crippen LogP contribution >= 0.6 is 39.0 Å². The summed E-state index contributed by atoms with van der Waals surface area (Å²) in [5.41, 5.74) is -0.453. The number of alkyl halides is 3. The van der Waals surface area contributed by atoms with Gasteiger partial charge in [0.15, 0.2) is 0 Å². The second kappa shape index (κ2) is 12.8. The van der Waals surface area contributed by atoms with E-state index < -0.39 is 69.6 Å². The predicted octanol–water partition coefficient (Wildman–Crippen LogP) is 6.30. The molecule has 2 aliphatic rings. The Morgan fingerprint density at radius 1 is 0.957 bits per heavy atom. The summed E-state index contributed by atoms with van der Waals surface area (Å²) in [6, 6.07) is 17.3. The molecule has 15 heteroatoms. The number of rotatable bonds is 7. The van der Waals surface area contributed by atoms with Crippen molar-refractivity contribution in [3.05, 3.63) is 109 Å². The van der Waals surface area contributed by atoms with E-state index >= 15 is 0 Å². The van der Waals surface area contributed by atoms with Crippen molar-refractivity contribution in [2.45, 2.75) is 35.8 Å². The van der Waals surface area contributed by atoms with Gasteiger partial charge in [-0.15, -0.1) is 0 Å². The van der Waals surface area contributed by atoms with E-state index in [-0.39, 0.29) is 11.6 Å². The number of anilines is 2. The van der Waals surface area contributed by atoms with Crippen LogP contribution in [0.2, 0.25) is 0 Å². The number of carbonyl (C=O) groups is 4. The van der Waals surface area contributed by atoms with Gasteiger partial charge in [0, 0.05) is 21.0 Å². The van der Waals surface area contributed by atoms with E-state index in [0.717, 1.165) is 39.7 Å². The monoisotopic (exact) mass is 745 g/mol. The highest BCUT2D eigenvalue weighted by molar-refractivity contribution is 9.10. The van der Waals surface area contributed by atoms with Crippen molar-refractivity contribution in [1.29, 1.82) is 0 Å². The molecule has 1 fully saturated rings. The Labute approximate surface area is 281 Å². The average molecular weight is 747 g/mol. The van der Waals surface area contributed by atoms with E-state index in [1.54, 1.807) is 31.2 Å². The highest BCUT2D eigenvalue weighted by Gasteiger charge is 2.57. The fraction of sp³-hybridized carbons (Fsp3) is 0.219. The highest BCUT2D eigenvalue weighted by atomic mass is 79.9. The first-order valence-corrected chi connectivity index (χ1v) is 16.6. The number of halogens is 4. The molecule has 3 atom stereocenters. The first-order valence-electron chi connectivity index (χ1n) is 14.2. The van der Waals surface area contributed by atoms with Crippen molar-refractivity contribution in [2.75, 3.05) is 16.8 Å². The number of hydrogen-bond donors (Lipinski definition) is 1. The van der Waals surface area contributed by atoms with Crippen molar-refractivity contribution >= 4 is 74.1 Å². The Morgan fingerprint density at radius 3 is 2.30 bits per heavy atom. The minimum atomic E-state index is -4.82. The lowest BCUT2D eigenvalue weighted by Crippen LogP contribution is -2.33. The molecule has 1 aromatic heterocycles. The van der Waals surface area contributed by atoms with Crippen LogP contribution < -0.4 is 15.1 Å². The fourth-order valence-corrected chi connectivity index (χ4v) is 8.72. The van der Waals surface area contributed by atoms with Crippen LogP contribution in [0.25, 0.3) is 0 Å². The summed E-state index contributed by atoms with van der Waals surface area (Å²) in [5.74, 6) is -4.70. The summed E-state index contributed by atoms with van der Waals surface area (Å²) >= 11 is 5.09. The van der Waals surface area contributed by atoms with E-state index in [0.29, 0.717) is 26.6 Å². The normalized spacial score (nSPS) is 18.9. The summed E-state index contributed by atoms with van der Waals surface area (Å²) in [5, 5.41) is 1.80. The number of para-hydroxylation sites is 1. The van der Waals surface area contributed by atoms with Crippen molar-refractivity contribution in [3.8, 4) is 0 Å². The second-order valence-electron chi connectivity index (χ2n) is 10.6. The van der Waals surface area contributed by atoms with Gasteiger partial charge in [-0.2, -0.15) is 13.2 Å². The van der Waals surface area contributed by atoms with E-state index in [2.05, 4.69) is 21.2 Å². The molecule has 242 valence electrons. The Morgan fingerprint density at radius 2 is 1.64 bits per heavy atom. The quantitative estimate of drug-likeness (QED) is 0.174. The van der Waals surface area contributed by atoms with Gasteiger partial charge in [0.05, 0.1) is 34.4 Å². The maximum absolute atomic E-state index is 14.0. The number of benzene rings is 3. The molecule has 3 aromatic carbocycles. The molecule has 3 heterocycles. The van der Waals surface area contributed by atoms with Gasteiger partial charge in [-0.05, 0) is 61.0 Å². The minimum absolute atomic E-state index is 0.206. The number of hydrogen-bond acceptors (Lipinski definition) is 8. The molecule has 1 saturated heterocycles. The van der Waals surface area contributed by atoms with Crippen molar-refractivity contribution < 1.29 is 37.1 Å². The van der Waals surface area contributed by atoms with E-state index in [1.165, 1.54) is 41.0 Å². The number of fused-ring (bicyclic) bond motifs is 2. The summed E-state index contributed by atoms with van der Waals surface area (Å²) in [4.78, 5) is 66.8. The molecule has 4 aromatic rings. The number of nitrogens with zero attached hydrogens (tertiary/aromatic N) is 2. The zero-order chi connectivity index (χ0) is 33.6. The Bertz CT molecular complexity index is 1960. The lowest BCUT2D eigenvalue weighted by atomic mass is 9.83. The van der Waals surface area contributed by atoms with E-state index in [9.17, 15) is 37.1 Å². The molecular weight excluding hydrogens is 723 g/mol. The first kappa shape index (κ1) is 32.7. The maximum Gasteiger partial charge on any atom is 0.418 e. The van der Waals surface area contributed by atoms with Crippen LogP contribution in [0.1, 0.15) is 39.2 Å². The molecule has 3 amide bonds. The molecule has 0 bridgehead atoms. The number of aromatic nitrogens is 1. The summed E-state index contributed by atoms with van der Waals surface area (Å²) in [7, 11) is 0. The zero-order valence-electron chi connectivity index (χ0n) is 24.2. The lowest BCUT2D eigenvalue weighted by molar-refractivity contribution is -0.137. The van der Waals surface area contributed by atoms with Gasteiger partial charge < -0.3 is 10.1 Å². The number of thiazole rings is 1. The van der Waals surface area contributed by atoms with Gasteiger partial charge in [-0.1, -0.05) is 63.3 Å². The summed E-state index contributed by atoms with van der Waals surface area (Å²) < 4.78 is 48.8. The molecule has 0 unspecified atom stereocenters. The third kappa shape index (κ3) is 6.14. The lowest BCUT2D eigenvalue weighted by Gasteiger charge is -2.30. The summed E-state index contributed by atoms with van der Waals surface area (Å²) in [6.07, 6.45) is -4.82.